The maximum atomic E-state index is 11.9. The van der Waals surface area contributed by atoms with Crippen molar-refractivity contribution in [2.45, 2.75) is 26.3 Å². The number of rotatable bonds is 8. The molecule has 33 heavy (non-hydrogen) atoms. The zero-order valence-corrected chi connectivity index (χ0v) is 20.4. The number of unbranched alkanes of at least 4 members (excludes halogenated alkanes) is 1. The van der Waals surface area contributed by atoms with E-state index in [0.717, 1.165) is 45.6 Å². The van der Waals surface area contributed by atoms with E-state index >= 15 is 0 Å². The van der Waals surface area contributed by atoms with Gasteiger partial charge in [0.2, 0.25) is 0 Å². The molecule has 0 bridgehead atoms. The highest BCUT2D eigenvalue weighted by Crippen LogP contribution is 2.30. The summed E-state index contributed by atoms with van der Waals surface area (Å²) in [5.74, 6) is 0.790. The fourth-order valence-electron chi connectivity index (χ4n) is 3.32. The zero-order valence-electron chi connectivity index (χ0n) is 18.1. The van der Waals surface area contributed by atoms with E-state index < -0.39 is 0 Å². The predicted molar refractivity (Wildman–Crippen MR) is 137 cm³/mol. The Morgan fingerprint density at radius 2 is 1.94 bits per heavy atom. The second-order valence-corrected chi connectivity index (χ2v) is 8.78. The van der Waals surface area contributed by atoms with E-state index in [4.69, 9.17) is 16.6 Å². The summed E-state index contributed by atoms with van der Waals surface area (Å²) in [6, 6.07) is 17.1. The second-order valence-electron chi connectivity index (χ2n) is 7.52. The van der Waals surface area contributed by atoms with Gasteiger partial charge in [-0.05, 0) is 46.1 Å². The average molecular weight is 528 g/mol. The lowest BCUT2D eigenvalue weighted by Crippen LogP contribution is -2.29. The van der Waals surface area contributed by atoms with E-state index in [1.807, 2.05) is 54.6 Å². The number of fused-ring (bicyclic) bond motifs is 1. The third-order valence-corrected chi connectivity index (χ3v) is 5.97. The third-order valence-electron chi connectivity index (χ3n) is 5.08. The number of halogens is 2. The Labute approximate surface area is 205 Å². The van der Waals surface area contributed by atoms with Crippen molar-refractivity contribution in [2.24, 2.45) is 0 Å². The molecule has 2 amide bonds. The molecule has 0 aliphatic carbocycles. The highest BCUT2D eigenvalue weighted by molar-refractivity contribution is 9.10. The van der Waals surface area contributed by atoms with Crippen LogP contribution in [0.5, 0.6) is 0 Å². The van der Waals surface area contributed by atoms with Crippen LogP contribution in [0.25, 0.3) is 16.9 Å². The largest absolute Gasteiger partial charge is 0.366 e. The van der Waals surface area contributed by atoms with Crippen LogP contribution in [0.2, 0.25) is 5.02 Å². The lowest BCUT2D eigenvalue weighted by atomic mass is 10.1. The van der Waals surface area contributed by atoms with E-state index in [2.05, 4.69) is 43.9 Å². The van der Waals surface area contributed by atoms with Crippen molar-refractivity contribution in [3.63, 3.8) is 0 Å². The molecule has 4 rings (SSSR count). The number of hydrogen-bond donors (Lipinski definition) is 3. The molecular weight excluding hydrogens is 504 g/mol. The van der Waals surface area contributed by atoms with Gasteiger partial charge in [0, 0.05) is 35.4 Å². The van der Waals surface area contributed by atoms with Crippen molar-refractivity contribution in [3.05, 3.63) is 75.9 Å². The van der Waals surface area contributed by atoms with E-state index in [9.17, 15) is 4.79 Å². The number of amides is 2. The molecule has 7 nitrogen and oxygen atoms in total. The molecule has 0 radical (unpaired) electrons. The molecule has 3 N–H and O–H groups in total. The van der Waals surface area contributed by atoms with Crippen LogP contribution in [0, 0.1) is 0 Å². The van der Waals surface area contributed by atoms with Crippen molar-refractivity contribution < 1.29 is 4.79 Å². The molecule has 4 aromatic rings. The van der Waals surface area contributed by atoms with Gasteiger partial charge in [0.25, 0.3) is 0 Å². The normalized spacial score (nSPS) is 10.9. The predicted octanol–water partition coefficient (Wildman–Crippen LogP) is 6.35. The molecule has 0 saturated heterocycles. The molecule has 0 spiro atoms. The Hall–Kier alpha value is -3.10. The van der Waals surface area contributed by atoms with Gasteiger partial charge in [-0.2, -0.15) is 9.61 Å². The Morgan fingerprint density at radius 3 is 2.70 bits per heavy atom. The first-order valence-electron chi connectivity index (χ1n) is 10.7. The summed E-state index contributed by atoms with van der Waals surface area (Å²) in [4.78, 5) is 16.6. The molecule has 0 saturated carbocycles. The minimum absolute atomic E-state index is 0.190. The van der Waals surface area contributed by atoms with Crippen LogP contribution >= 0.6 is 27.5 Å². The van der Waals surface area contributed by atoms with Gasteiger partial charge in [-0.25, -0.2) is 9.78 Å². The van der Waals surface area contributed by atoms with Gasteiger partial charge < -0.3 is 16.0 Å². The number of carbonyl (C=O) groups excluding carboxylic acids is 1. The molecular formula is C24H24BrClN6O. The molecule has 0 unspecified atom stereocenters. The van der Waals surface area contributed by atoms with Crippen LogP contribution in [-0.4, -0.2) is 27.2 Å². The number of benzene rings is 2. The minimum Gasteiger partial charge on any atom is -0.366 e. The van der Waals surface area contributed by atoms with Crippen LogP contribution in [0.1, 0.15) is 25.3 Å². The van der Waals surface area contributed by atoms with Gasteiger partial charge in [0.05, 0.1) is 16.4 Å². The number of nitrogens with zero attached hydrogens (tertiary/aromatic N) is 3. The Morgan fingerprint density at radius 1 is 1.15 bits per heavy atom. The molecule has 0 atom stereocenters. The van der Waals surface area contributed by atoms with Crippen molar-refractivity contribution in [3.8, 4) is 11.3 Å². The number of anilines is 2. The molecule has 2 aromatic carbocycles. The summed E-state index contributed by atoms with van der Waals surface area (Å²) in [6.45, 7) is 3.33. The fraction of sp³-hybridized carbons (Fsp3) is 0.208. The number of urea groups is 1. The number of aromatic nitrogens is 3. The van der Waals surface area contributed by atoms with Crippen LogP contribution in [0.3, 0.4) is 0 Å². The van der Waals surface area contributed by atoms with Gasteiger partial charge in [0.1, 0.15) is 5.82 Å². The van der Waals surface area contributed by atoms with Crippen molar-refractivity contribution in [1.29, 1.82) is 0 Å². The van der Waals surface area contributed by atoms with Crippen molar-refractivity contribution in [2.75, 3.05) is 17.2 Å². The van der Waals surface area contributed by atoms with Crippen LogP contribution < -0.4 is 16.0 Å². The Bertz CT molecular complexity index is 1260. The monoisotopic (exact) mass is 526 g/mol. The summed E-state index contributed by atoms with van der Waals surface area (Å²) in [6.07, 6.45) is 3.72. The Balaban J connectivity index is 1.49. The summed E-state index contributed by atoms with van der Waals surface area (Å²) in [5, 5.41) is 14.2. The zero-order chi connectivity index (χ0) is 23.2. The van der Waals surface area contributed by atoms with Crippen LogP contribution in [-0.2, 0) is 6.54 Å². The highest BCUT2D eigenvalue weighted by Gasteiger charge is 2.13. The van der Waals surface area contributed by atoms with Crippen molar-refractivity contribution in [1.82, 2.24) is 19.9 Å². The fourth-order valence-corrected chi connectivity index (χ4v) is 3.90. The quantitative estimate of drug-likeness (QED) is 0.233. The smallest absolute Gasteiger partial charge is 0.319 e. The van der Waals surface area contributed by atoms with E-state index in [1.165, 1.54) is 0 Å². The third kappa shape index (κ3) is 5.64. The lowest BCUT2D eigenvalue weighted by molar-refractivity contribution is 0.252. The molecule has 9 heteroatoms. The number of nitrogens with one attached hydrogen (secondary N) is 3. The minimum atomic E-state index is -0.190. The van der Waals surface area contributed by atoms with Crippen molar-refractivity contribution >= 4 is 50.7 Å². The molecule has 2 aromatic heterocycles. The van der Waals surface area contributed by atoms with Gasteiger partial charge in [-0.1, -0.05) is 55.3 Å². The van der Waals surface area contributed by atoms with E-state index in [0.29, 0.717) is 23.8 Å². The SMILES string of the molecule is CCCCNC(=O)Nc1ccc(CNc2cc(-c3ccccc3Cl)nc3c(Br)cnn23)cc1. The summed E-state index contributed by atoms with van der Waals surface area (Å²) < 4.78 is 2.55. The van der Waals surface area contributed by atoms with Gasteiger partial charge in [-0.15, -0.1) is 0 Å². The molecule has 2 heterocycles. The summed E-state index contributed by atoms with van der Waals surface area (Å²) in [7, 11) is 0. The average Bonchev–Trinajstić information content (AvgIpc) is 3.19. The first-order chi connectivity index (χ1) is 16.0. The lowest BCUT2D eigenvalue weighted by Gasteiger charge is -2.12. The molecule has 0 aliphatic rings. The highest BCUT2D eigenvalue weighted by atomic mass is 79.9. The first kappa shape index (κ1) is 23.1. The number of carbonyl (C=O) groups is 1. The summed E-state index contributed by atoms with van der Waals surface area (Å²) >= 11 is 9.93. The van der Waals surface area contributed by atoms with Crippen LogP contribution in [0.4, 0.5) is 16.3 Å². The van der Waals surface area contributed by atoms with E-state index in [1.54, 1.807) is 10.7 Å². The standard InChI is InChI=1S/C24H24BrClN6O/c1-2-3-12-27-24(33)30-17-10-8-16(9-11-17)14-28-22-13-21(18-6-4-5-7-20(18)26)31-23-19(25)15-29-32(22)23/h4-11,13,15,28H,2-3,12,14H2,1H3,(H2,27,30,33). The van der Waals surface area contributed by atoms with Gasteiger partial charge in [-0.3, -0.25) is 0 Å². The topological polar surface area (TPSA) is 83.4 Å². The van der Waals surface area contributed by atoms with Gasteiger partial charge >= 0.3 is 6.03 Å². The molecule has 170 valence electrons. The first-order valence-corrected chi connectivity index (χ1v) is 11.9. The maximum absolute atomic E-state index is 11.9. The summed E-state index contributed by atoms with van der Waals surface area (Å²) in [5.41, 5.74) is 4.11. The number of hydrogen-bond acceptors (Lipinski definition) is 4. The Kier molecular flexibility index (Phi) is 7.47. The molecule has 0 aliphatic heterocycles. The van der Waals surface area contributed by atoms with Crippen LogP contribution in [0.15, 0.2) is 65.3 Å². The molecule has 0 fully saturated rings. The second kappa shape index (κ2) is 10.7. The van der Waals surface area contributed by atoms with E-state index in [-0.39, 0.29) is 6.03 Å². The maximum Gasteiger partial charge on any atom is 0.319 e. The van der Waals surface area contributed by atoms with Gasteiger partial charge in [0.15, 0.2) is 5.65 Å².